The fraction of sp³-hybridized carbons (Fsp3) is 0.500. The van der Waals surface area contributed by atoms with E-state index in [1.54, 1.807) is 20.8 Å². The number of hydrogen-bond donors (Lipinski definition) is 1. The Hall–Kier alpha value is -2.02. The SMILES string of the molecule is C=C1CO[C@H](c2cc(F)cnc2F)[C@@H](NC(=O)OC(C)(C)C)C1. The molecule has 0 unspecified atom stereocenters. The maximum Gasteiger partial charge on any atom is 0.407 e. The van der Waals surface area contributed by atoms with Crippen LogP contribution < -0.4 is 5.32 Å². The molecule has 1 amide bonds. The van der Waals surface area contributed by atoms with Crippen LogP contribution in [0.2, 0.25) is 0 Å². The van der Waals surface area contributed by atoms with E-state index in [4.69, 9.17) is 9.47 Å². The molecular weight excluding hydrogens is 306 g/mol. The van der Waals surface area contributed by atoms with Gasteiger partial charge in [-0.05, 0) is 38.8 Å². The first-order valence-corrected chi connectivity index (χ1v) is 7.24. The molecule has 7 heteroatoms. The van der Waals surface area contributed by atoms with Gasteiger partial charge in [0.25, 0.3) is 0 Å². The van der Waals surface area contributed by atoms with Gasteiger partial charge in [-0.15, -0.1) is 0 Å². The fourth-order valence-corrected chi connectivity index (χ4v) is 2.33. The number of alkyl carbamates (subject to hydrolysis) is 1. The summed E-state index contributed by atoms with van der Waals surface area (Å²) in [6, 6.07) is 0.398. The maximum atomic E-state index is 13.9. The Morgan fingerprint density at radius 2 is 2.17 bits per heavy atom. The molecule has 0 bridgehead atoms. The van der Waals surface area contributed by atoms with Crippen LogP contribution in [0.3, 0.4) is 0 Å². The lowest BCUT2D eigenvalue weighted by atomic mass is 9.94. The summed E-state index contributed by atoms with van der Waals surface area (Å²) in [7, 11) is 0. The summed E-state index contributed by atoms with van der Waals surface area (Å²) in [5.41, 5.74) is 0.0308. The number of rotatable bonds is 2. The number of aromatic nitrogens is 1. The van der Waals surface area contributed by atoms with Crippen LogP contribution in [0.4, 0.5) is 13.6 Å². The summed E-state index contributed by atoms with van der Waals surface area (Å²) >= 11 is 0. The van der Waals surface area contributed by atoms with Crippen LogP contribution in [0.5, 0.6) is 0 Å². The van der Waals surface area contributed by atoms with Gasteiger partial charge in [0, 0.05) is 5.56 Å². The molecule has 1 saturated heterocycles. The van der Waals surface area contributed by atoms with Gasteiger partial charge in [0.1, 0.15) is 17.5 Å². The minimum absolute atomic E-state index is 0.0430. The lowest BCUT2D eigenvalue weighted by molar-refractivity contribution is 0.00289. The average molecular weight is 326 g/mol. The Kier molecular flexibility index (Phi) is 4.99. The van der Waals surface area contributed by atoms with Crippen LogP contribution in [0.25, 0.3) is 0 Å². The molecule has 1 fully saturated rings. The molecule has 2 atom stereocenters. The Labute approximate surface area is 133 Å². The van der Waals surface area contributed by atoms with Crippen molar-refractivity contribution in [2.24, 2.45) is 0 Å². The summed E-state index contributed by atoms with van der Waals surface area (Å²) < 4.78 is 38.0. The van der Waals surface area contributed by atoms with Crippen LogP contribution in [0.1, 0.15) is 38.9 Å². The lowest BCUT2D eigenvalue weighted by Gasteiger charge is -2.34. The van der Waals surface area contributed by atoms with Crippen molar-refractivity contribution in [1.29, 1.82) is 0 Å². The normalized spacial score (nSPS) is 21.9. The van der Waals surface area contributed by atoms with Crippen LogP contribution in [0.15, 0.2) is 24.4 Å². The van der Waals surface area contributed by atoms with Crippen molar-refractivity contribution in [2.75, 3.05) is 6.61 Å². The smallest absolute Gasteiger partial charge is 0.407 e. The highest BCUT2D eigenvalue weighted by atomic mass is 19.1. The van der Waals surface area contributed by atoms with Gasteiger partial charge in [0.05, 0.1) is 18.8 Å². The second kappa shape index (κ2) is 6.62. The first kappa shape index (κ1) is 17.3. The second-order valence-corrected chi connectivity index (χ2v) is 6.47. The van der Waals surface area contributed by atoms with Gasteiger partial charge in [-0.3, -0.25) is 0 Å². The van der Waals surface area contributed by atoms with Crippen molar-refractivity contribution in [1.82, 2.24) is 10.3 Å². The minimum Gasteiger partial charge on any atom is -0.444 e. The molecule has 0 aliphatic carbocycles. The Bertz CT molecular complexity index is 614. The Morgan fingerprint density at radius 1 is 1.48 bits per heavy atom. The Balaban J connectivity index is 2.21. The highest BCUT2D eigenvalue weighted by Crippen LogP contribution is 2.31. The summed E-state index contributed by atoms with van der Waals surface area (Å²) in [4.78, 5) is 15.3. The zero-order valence-electron chi connectivity index (χ0n) is 13.4. The van der Waals surface area contributed by atoms with Gasteiger partial charge in [0.2, 0.25) is 5.95 Å². The quantitative estimate of drug-likeness (QED) is 0.669. The topological polar surface area (TPSA) is 60.5 Å². The zero-order chi connectivity index (χ0) is 17.2. The van der Waals surface area contributed by atoms with Gasteiger partial charge >= 0.3 is 6.09 Å². The number of halogens is 2. The largest absolute Gasteiger partial charge is 0.444 e. The molecule has 1 aromatic heterocycles. The van der Waals surface area contributed by atoms with Crippen LogP contribution in [-0.2, 0) is 9.47 Å². The third kappa shape index (κ3) is 4.72. The highest BCUT2D eigenvalue weighted by molar-refractivity contribution is 5.68. The molecule has 23 heavy (non-hydrogen) atoms. The molecular formula is C16H20F2N2O3. The molecule has 0 radical (unpaired) electrons. The molecule has 2 rings (SSSR count). The zero-order valence-corrected chi connectivity index (χ0v) is 13.4. The monoisotopic (exact) mass is 326 g/mol. The van der Waals surface area contributed by atoms with E-state index in [1.165, 1.54) is 0 Å². The summed E-state index contributed by atoms with van der Waals surface area (Å²) in [5.74, 6) is -1.51. The van der Waals surface area contributed by atoms with Crippen molar-refractivity contribution in [3.05, 3.63) is 41.7 Å². The van der Waals surface area contributed by atoms with E-state index in [1.807, 2.05) is 0 Å². The molecule has 1 N–H and O–H groups in total. The molecule has 0 saturated carbocycles. The molecule has 1 aliphatic heterocycles. The van der Waals surface area contributed by atoms with E-state index >= 15 is 0 Å². The number of pyridine rings is 1. The summed E-state index contributed by atoms with van der Waals surface area (Å²) in [5, 5.41) is 2.64. The van der Waals surface area contributed by atoms with Gasteiger partial charge in [0.15, 0.2) is 0 Å². The summed E-state index contributed by atoms with van der Waals surface area (Å²) in [6.45, 7) is 9.21. The first-order chi connectivity index (χ1) is 10.7. The van der Waals surface area contributed by atoms with E-state index in [-0.39, 0.29) is 12.2 Å². The van der Waals surface area contributed by atoms with Gasteiger partial charge in [-0.25, -0.2) is 14.2 Å². The molecule has 2 heterocycles. The highest BCUT2D eigenvalue weighted by Gasteiger charge is 2.34. The van der Waals surface area contributed by atoms with Crippen molar-refractivity contribution < 1.29 is 23.0 Å². The average Bonchev–Trinajstić information content (AvgIpc) is 2.40. The van der Waals surface area contributed by atoms with Gasteiger partial charge < -0.3 is 14.8 Å². The molecule has 1 aromatic rings. The standard InChI is InChI=1S/C16H20F2N2O3/c1-9-5-12(20-15(21)23-16(2,3)4)13(22-8-9)11-6-10(17)7-19-14(11)18/h6-7,12-13H,1,5,8H2,2-4H3,(H,20,21)/t12-,13+/m0/s1. The van der Waals surface area contributed by atoms with Crippen molar-refractivity contribution in [3.63, 3.8) is 0 Å². The summed E-state index contributed by atoms with van der Waals surface area (Å²) in [6.07, 6.45) is -0.358. The molecule has 126 valence electrons. The van der Waals surface area contributed by atoms with Crippen LogP contribution >= 0.6 is 0 Å². The van der Waals surface area contributed by atoms with E-state index < -0.39 is 35.6 Å². The predicted octanol–water partition coefficient (Wildman–Crippen LogP) is 3.27. The number of ether oxygens (including phenoxy) is 2. The molecule has 0 aromatic carbocycles. The molecule has 5 nitrogen and oxygen atoms in total. The van der Waals surface area contributed by atoms with E-state index in [9.17, 15) is 13.6 Å². The number of hydrogen-bond acceptors (Lipinski definition) is 4. The number of carbonyl (C=O) groups is 1. The van der Waals surface area contributed by atoms with Gasteiger partial charge in [-0.1, -0.05) is 6.58 Å². The third-order valence-electron chi connectivity index (χ3n) is 3.18. The number of amides is 1. The van der Waals surface area contributed by atoms with Crippen LogP contribution in [0, 0.1) is 11.8 Å². The van der Waals surface area contributed by atoms with E-state index in [0.717, 1.165) is 17.8 Å². The third-order valence-corrected chi connectivity index (χ3v) is 3.18. The number of nitrogens with zero attached hydrogens (tertiary/aromatic N) is 1. The van der Waals surface area contributed by atoms with Gasteiger partial charge in [-0.2, -0.15) is 4.39 Å². The van der Waals surface area contributed by atoms with Crippen molar-refractivity contribution >= 4 is 6.09 Å². The number of nitrogens with one attached hydrogen (secondary N) is 1. The fourth-order valence-electron chi connectivity index (χ4n) is 2.33. The number of carbonyl (C=O) groups excluding carboxylic acids is 1. The predicted molar refractivity (Wildman–Crippen MR) is 79.8 cm³/mol. The Morgan fingerprint density at radius 3 is 2.83 bits per heavy atom. The van der Waals surface area contributed by atoms with E-state index in [0.29, 0.717) is 6.42 Å². The van der Waals surface area contributed by atoms with E-state index in [2.05, 4.69) is 16.9 Å². The second-order valence-electron chi connectivity index (χ2n) is 6.47. The molecule has 0 spiro atoms. The maximum absolute atomic E-state index is 13.9. The molecule has 1 aliphatic rings. The van der Waals surface area contributed by atoms with Crippen molar-refractivity contribution in [3.8, 4) is 0 Å². The minimum atomic E-state index is -0.865. The van der Waals surface area contributed by atoms with Crippen molar-refractivity contribution in [2.45, 2.75) is 44.9 Å². The van der Waals surface area contributed by atoms with Crippen LogP contribution in [-0.4, -0.2) is 29.3 Å². The first-order valence-electron chi connectivity index (χ1n) is 7.24. The lowest BCUT2D eigenvalue weighted by Crippen LogP contribution is -2.45.